The molecule has 0 bridgehead atoms. The zero-order valence-electron chi connectivity index (χ0n) is 12.7. The van der Waals surface area contributed by atoms with E-state index in [9.17, 15) is 4.79 Å². The first-order chi connectivity index (χ1) is 10.8. The van der Waals surface area contributed by atoms with Crippen molar-refractivity contribution in [3.63, 3.8) is 0 Å². The number of carbonyl (C=O) groups excluding carboxylic acids is 1. The van der Waals surface area contributed by atoms with Crippen LogP contribution in [0.1, 0.15) is 18.4 Å². The topological polar surface area (TPSA) is 61.0 Å². The van der Waals surface area contributed by atoms with Crippen LogP contribution in [0.4, 0.5) is 0 Å². The summed E-state index contributed by atoms with van der Waals surface area (Å²) in [7, 11) is 0. The van der Waals surface area contributed by atoms with Crippen LogP contribution in [0.25, 0.3) is 11.0 Å². The number of hydrogen-bond acceptors (Lipinski definition) is 3. The van der Waals surface area contributed by atoms with Crippen molar-refractivity contribution in [2.45, 2.75) is 19.3 Å². The van der Waals surface area contributed by atoms with Gasteiger partial charge in [-0.1, -0.05) is 0 Å². The number of amides is 1. The van der Waals surface area contributed by atoms with E-state index < -0.39 is 0 Å². The number of hydrogen-bond donors (Lipinski definition) is 2. The molecule has 2 aromatic rings. The number of nitrogens with zero attached hydrogens (tertiary/aromatic N) is 2. The first kappa shape index (κ1) is 13.8. The van der Waals surface area contributed by atoms with E-state index in [4.69, 9.17) is 0 Å². The van der Waals surface area contributed by atoms with Crippen molar-refractivity contribution < 1.29 is 4.79 Å². The molecule has 4 heterocycles. The smallest absolute Gasteiger partial charge is 0.227 e. The maximum Gasteiger partial charge on any atom is 0.227 e. The second kappa shape index (κ2) is 5.72. The lowest BCUT2D eigenvalue weighted by atomic mass is 9.92. The van der Waals surface area contributed by atoms with Gasteiger partial charge < -0.3 is 15.2 Å². The Hall–Kier alpha value is -1.88. The van der Waals surface area contributed by atoms with Crippen molar-refractivity contribution in [3.8, 4) is 0 Å². The summed E-state index contributed by atoms with van der Waals surface area (Å²) in [5.41, 5.74) is 1.92. The van der Waals surface area contributed by atoms with Crippen molar-refractivity contribution in [1.29, 1.82) is 0 Å². The number of aromatic nitrogens is 2. The second-order valence-corrected chi connectivity index (χ2v) is 6.53. The van der Waals surface area contributed by atoms with E-state index in [-0.39, 0.29) is 5.91 Å². The molecule has 2 aliphatic heterocycles. The minimum absolute atomic E-state index is 0.248. The van der Waals surface area contributed by atoms with Crippen LogP contribution in [0.2, 0.25) is 0 Å². The number of aromatic amines is 1. The van der Waals surface area contributed by atoms with Gasteiger partial charge in [0.2, 0.25) is 5.91 Å². The molecule has 0 aliphatic carbocycles. The van der Waals surface area contributed by atoms with Crippen LogP contribution in [0.5, 0.6) is 0 Å². The molecule has 4 rings (SSSR count). The molecule has 0 aromatic carbocycles. The molecule has 2 aromatic heterocycles. The summed E-state index contributed by atoms with van der Waals surface area (Å²) in [6, 6.07) is 3.95. The number of nitrogens with one attached hydrogen (secondary N) is 2. The zero-order chi connectivity index (χ0) is 14.9. The highest BCUT2D eigenvalue weighted by Gasteiger charge is 2.31. The number of rotatable bonds is 2. The van der Waals surface area contributed by atoms with Gasteiger partial charge in [0.15, 0.2) is 0 Å². The maximum absolute atomic E-state index is 12.7. The normalized spacial score (nSPS) is 25.2. The minimum Gasteiger partial charge on any atom is -0.346 e. The van der Waals surface area contributed by atoms with Crippen molar-refractivity contribution in [2.75, 3.05) is 26.2 Å². The molecule has 0 saturated carbocycles. The standard InChI is InChI=1S/C17H22N4O/c22-16(8-14-11-20-17-15(14)2-1-5-19-17)21-6-3-12-9-18-10-13(12)4-7-21/h1-2,5,11-13,18H,3-4,6-10H2,(H,19,20)/t12-,13+. The molecule has 0 radical (unpaired) electrons. The largest absolute Gasteiger partial charge is 0.346 e. The molecule has 5 heteroatoms. The summed E-state index contributed by atoms with van der Waals surface area (Å²) in [5, 5.41) is 4.54. The molecule has 22 heavy (non-hydrogen) atoms. The van der Waals surface area contributed by atoms with E-state index in [1.54, 1.807) is 6.20 Å². The average molecular weight is 298 g/mol. The van der Waals surface area contributed by atoms with E-state index in [0.717, 1.165) is 67.5 Å². The third-order valence-corrected chi connectivity index (χ3v) is 5.25. The Bertz CT molecular complexity index is 666. The van der Waals surface area contributed by atoms with E-state index in [1.807, 2.05) is 18.3 Å². The third kappa shape index (κ3) is 2.50. The van der Waals surface area contributed by atoms with Gasteiger partial charge in [-0.05, 0) is 55.5 Å². The predicted octanol–water partition coefficient (Wildman–Crippen LogP) is 1.56. The van der Waals surface area contributed by atoms with Gasteiger partial charge in [-0.3, -0.25) is 4.79 Å². The first-order valence-corrected chi connectivity index (χ1v) is 8.21. The summed E-state index contributed by atoms with van der Waals surface area (Å²) < 4.78 is 0. The van der Waals surface area contributed by atoms with Crippen LogP contribution in [0.3, 0.4) is 0 Å². The van der Waals surface area contributed by atoms with Gasteiger partial charge in [-0.25, -0.2) is 4.98 Å². The van der Waals surface area contributed by atoms with Crippen LogP contribution in [0, 0.1) is 11.8 Å². The highest BCUT2D eigenvalue weighted by Crippen LogP contribution is 2.27. The van der Waals surface area contributed by atoms with E-state index in [0.29, 0.717) is 6.42 Å². The molecule has 2 aliphatic rings. The zero-order valence-corrected chi connectivity index (χ0v) is 12.7. The minimum atomic E-state index is 0.248. The second-order valence-electron chi connectivity index (χ2n) is 6.53. The quantitative estimate of drug-likeness (QED) is 0.884. The molecule has 0 spiro atoms. The molecule has 116 valence electrons. The number of carbonyl (C=O) groups is 1. The van der Waals surface area contributed by atoms with E-state index in [2.05, 4.69) is 20.2 Å². The number of pyridine rings is 1. The van der Waals surface area contributed by atoms with Gasteiger partial charge in [0.05, 0.1) is 6.42 Å². The molecule has 2 fully saturated rings. The van der Waals surface area contributed by atoms with Crippen LogP contribution >= 0.6 is 0 Å². The van der Waals surface area contributed by atoms with Crippen molar-refractivity contribution in [1.82, 2.24) is 20.2 Å². The highest BCUT2D eigenvalue weighted by molar-refractivity contribution is 5.87. The van der Waals surface area contributed by atoms with Gasteiger partial charge in [0.25, 0.3) is 0 Å². The molecule has 2 atom stereocenters. The Balaban J connectivity index is 1.45. The van der Waals surface area contributed by atoms with Crippen LogP contribution in [0.15, 0.2) is 24.5 Å². The van der Waals surface area contributed by atoms with Crippen molar-refractivity contribution in [3.05, 3.63) is 30.1 Å². The fourth-order valence-corrected chi connectivity index (χ4v) is 3.90. The molecule has 2 saturated heterocycles. The van der Waals surface area contributed by atoms with Gasteiger partial charge in [0, 0.05) is 30.9 Å². The Kier molecular flexibility index (Phi) is 3.58. The highest BCUT2D eigenvalue weighted by atomic mass is 16.2. The molecular weight excluding hydrogens is 276 g/mol. The monoisotopic (exact) mass is 298 g/mol. The molecule has 2 N–H and O–H groups in total. The Labute approximate surface area is 130 Å². The SMILES string of the molecule is O=C(Cc1c[nH]c2ncccc12)N1CC[C@@H]2CNC[C@@H]2CC1. The van der Waals surface area contributed by atoms with Crippen LogP contribution in [-0.2, 0) is 11.2 Å². The Morgan fingerprint density at radius 1 is 1.27 bits per heavy atom. The lowest BCUT2D eigenvalue weighted by Gasteiger charge is -2.20. The fourth-order valence-electron chi connectivity index (χ4n) is 3.90. The Morgan fingerprint density at radius 2 is 2.05 bits per heavy atom. The van der Waals surface area contributed by atoms with Crippen molar-refractivity contribution in [2.24, 2.45) is 11.8 Å². The summed E-state index contributed by atoms with van der Waals surface area (Å²) in [6.45, 7) is 4.06. The molecular formula is C17H22N4O. The van der Waals surface area contributed by atoms with Crippen LogP contribution in [-0.4, -0.2) is 47.0 Å². The average Bonchev–Trinajstić information content (AvgIpc) is 3.10. The van der Waals surface area contributed by atoms with Gasteiger partial charge in [-0.2, -0.15) is 0 Å². The van der Waals surface area contributed by atoms with E-state index in [1.165, 1.54) is 0 Å². The lowest BCUT2D eigenvalue weighted by molar-refractivity contribution is -0.130. The molecule has 0 unspecified atom stereocenters. The van der Waals surface area contributed by atoms with E-state index >= 15 is 0 Å². The van der Waals surface area contributed by atoms with Crippen molar-refractivity contribution >= 4 is 16.9 Å². The number of H-pyrrole nitrogens is 1. The molecule has 1 amide bonds. The maximum atomic E-state index is 12.7. The van der Waals surface area contributed by atoms with Crippen LogP contribution < -0.4 is 5.32 Å². The molecule has 5 nitrogen and oxygen atoms in total. The Morgan fingerprint density at radius 3 is 2.82 bits per heavy atom. The van der Waals surface area contributed by atoms with Gasteiger partial charge in [0.1, 0.15) is 5.65 Å². The summed E-state index contributed by atoms with van der Waals surface area (Å²) in [4.78, 5) is 22.2. The number of likely N-dealkylation sites (tertiary alicyclic amines) is 1. The lowest BCUT2D eigenvalue weighted by Crippen LogP contribution is -2.33. The third-order valence-electron chi connectivity index (χ3n) is 5.25. The summed E-state index contributed by atoms with van der Waals surface area (Å²) in [6.07, 6.45) is 6.44. The van der Waals surface area contributed by atoms with Gasteiger partial charge in [-0.15, -0.1) is 0 Å². The fraction of sp³-hybridized carbons (Fsp3) is 0.529. The number of fused-ring (bicyclic) bond motifs is 2. The summed E-state index contributed by atoms with van der Waals surface area (Å²) in [5.74, 6) is 1.77. The summed E-state index contributed by atoms with van der Waals surface area (Å²) >= 11 is 0. The first-order valence-electron chi connectivity index (χ1n) is 8.21. The van der Waals surface area contributed by atoms with Gasteiger partial charge >= 0.3 is 0 Å². The predicted molar refractivity (Wildman–Crippen MR) is 85.5 cm³/mol.